The van der Waals surface area contributed by atoms with Gasteiger partial charge in [0, 0.05) is 6.04 Å². The lowest BCUT2D eigenvalue weighted by molar-refractivity contribution is 0.320. The van der Waals surface area contributed by atoms with Crippen LogP contribution in [0.5, 0.6) is 5.75 Å². The molecule has 0 radical (unpaired) electrons. The van der Waals surface area contributed by atoms with Gasteiger partial charge < -0.3 is 10.1 Å². The number of hydrogen-bond acceptors (Lipinski definition) is 2. The van der Waals surface area contributed by atoms with Gasteiger partial charge in [-0.25, -0.2) is 0 Å². The molecule has 1 aromatic carbocycles. The van der Waals surface area contributed by atoms with Crippen molar-refractivity contribution in [2.45, 2.75) is 39.2 Å². The number of hydrogen-bond donors (Lipinski definition) is 1. The summed E-state index contributed by atoms with van der Waals surface area (Å²) in [5.41, 5.74) is 1.40. The molecule has 0 aromatic heterocycles. The Morgan fingerprint density at radius 2 is 2.24 bits per heavy atom. The summed E-state index contributed by atoms with van der Waals surface area (Å²) in [6.07, 6.45) is 3.81. The van der Waals surface area contributed by atoms with Gasteiger partial charge in [0.2, 0.25) is 0 Å². The van der Waals surface area contributed by atoms with Gasteiger partial charge in [-0.3, -0.25) is 0 Å². The van der Waals surface area contributed by atoms with Crippen LogP contribution in [-0.2, 0) is 6.42 Å². The fourth-order valence-electron chi connectivity index (χ4n) is 2.49. The van der Waals surface area contributed by atoms with E-state index < -0.39 is 0 Å². The number of benzene rings is 1. The summed E-state index contributed by atoms with van der Waals surface area (Å²) < 4.78 is 5.54. The first kappa shape index (κ1) is 12.4. The molecule has 2 unspecified atom stereocenters. The summed E-state index contributed by atoms with van der Waals surface area (Å²) in [5, 5.41) is 3.56. The van der Waals surface area contributed by atoms with Crippen LogP contribution in [0, 0.1) is 5.92 Å². The van der Waals surface area contributed by atoms with Gasteiger partial charge in [-0.2, -0.15) is 0 Å². The number of nitrogens with one attached hydrogen (secondary N) is 1. The Labute approximate surface area is 104 Å². The Balaban J connectivity index is 1.91. The predicted octanol–water partition coefficient (Wildman–Crippen LogP) is 3.02. The zero-order valence-corrected chi connectivity index (χ0v) is 10.9. The third-order valence-electron chi connectivity index (χ3n) is 3.50. The SMILES string of the molecule is CCOc1cccc(CC2CCC(C)NC2)c1. The molecule has 0 bridgehead atoms. The summed E-state index contributed by atoms with van der Waals surface area (Å²) in [6, 6.07) is 9.22. The molecule has 1 aliphatic rings. The molecule has 1 aromatic rings. The Kier molecular flexibility index (Phi) is 4.43. The van der Waals surface area contributed by atoms with Gasteiger partial charge in [-0.1, -0.05) is 12.1 Å². The third-order valence-corrected chi connectivity index (χ3v) is 3.50. The lowest BCUT2D eigenvalue weighted by Crippen LogP contribution is -2.37. The smallest absolute Gasteiger partial charge is 0.119 e. The van der Waals surface area contributed by atoms with Crippen LogP contribution >= 0.6 is 0 Å². The molecular weight excluding hydrogens is 210 g/mol. The molecule has 1 fully saturated rings. The first-order chi connectivity index (χ1) is 8.28. The van der Waals surface area contributed by atoms with Crippen LogP contribution in [-0.4, -0.2) is 19.2 Å². The average Bonchev–Trinajstić information content (AvgIpc) is 2.33. The lowest BCUT2D eigenvalue weighted by atomic mass is 9.90. The highest BCUT2D eigenvalue weighted by molar-refractivity contribution is 5.28. The Morgan fingerprint density at radius 3 is 2.94 bits per heavy atom. The second kappa shape index (κ2) is 6.06. The van der Waals surface area contributed by atoms with Crippen molar-refractivity contribution in [3.05, 3.63) is 29.8 Å². The van der Waals surface area contributed by atoms with E-state index in [4.69, 9.17) is 4.74 Å². The Bertz CT molecular complexity index is 343. The highest BCUT2D eigenvalue weighted by Gasteiger charge is 2.17. The summed E-state index contributed by atoms with van der Waals surface area (Å²) in [6.45, 7) is 6.19. The maximum absolute atomic E-state index is 5.54. The summed E-state index contributed by atoms with van der Waals surface area (Å²) >= 11 is 0. The molecule has 1 N–H and O–H groups in total. The second-order valence-corrected chi connectivity index (χ2v) is 5.04. The van der Waals surface area contributed by atoms with Crippen LogP contribution in [0.4, 0.5) is 0 Å². The van der Waals surface area contributed by atoms with E-state index in [0.717, 1.165) is 24.8 Å². The molecule has 2 atom stereocenters. The monoisotopic (exact) mass is 233 g/mol. The molecule has 1 heterocycles. The minimum absolute atomic E-state index is 0.695. The molecule has 1 aliphatic heterocycles. The molecule has 1 saturated heterocycles. The van der Waals surface area contributed by atoms with Crippen molar-refractivity contribution in [1.82, 2.24) is 5.32 Å². The molecule has 0 saturated carbocycles. The van der Waals surface area contributed by atoms with Crippen molar-refractivity contribution >= 4 is 0 Å². The third kappa shape index (κ3) is 3.74. The molecule has 94 valence electrons. The van der Waals surface area contributed by atoms with Crippen LogP contribution in [0.25, 0.3) is 0 Å². The normalized spacial score (nSPS) is 24.6. The first-order valence-electron chi connectivity index (χ1n) is 6.73. The molecule has 2 heteroatoms. The second-order valence-electron chi connectivity index (χ2n) is 5.04. The van der Waals surface area contributed by atoms with E-state index in [1.54, 1.807) is 0 Å². The maximum atomic E-state index is 5.54. The van der Waals surface area contributed by atoms with Crippen LogP contribution in [0.3, 0.4) is 0 Å². The minimum Gasteiger partial charge on any atom is -0.494 e. The zero-order valence-electron chi connectivity index (χ0n) is 10.9. The first-order valence-corrected chi connectivity index (χ1v) is 6.73. The summed E-state index contributed by atoms with van der Waals surface area (Å²) in [7, 11) is 0. The van der Waals surface area contributed by atoms with Crippen LogP contribution in [0.2, 0.25) is 0 Å². The van der Waals surface area contributed by atoms with E-state index in [1.165, 1.54) is 24.8 Å². The van der Waals surface area contributed by atoms with Gasteiger partial charge in [-0.15, -0.1) is 0 Å². The van der Waals surface area contributed by atoms with Crippen molar-refractivity contribution in [3.63, 3.8) is 0 Å². The van der Waals surface area contributed by atoms with E-state index in [-0.39, 0.29) is 0 Å². The van der Waals surface area contributed by atoms with Gasteiger partial charge in [-0.05, 0) is 63.3 Å². The standard InChI is InChI=1S/C15H23NO/c1-3-17-15-6-4-5-13(10-15)9-14-8-7-12(2)16-11-14/h4-6,10,12,14,16H,3,7-9,11H2,1-2H3. The van der Waals surface area contributed by atoms with Crippen molar-refractivity contribution < 1.29 is 4.74 Å². The van der Waals surface area contributed by atoms with Crippen LogP contribution < -0.4 is 10.1 Å². The molecule has 0 amide bonds. The average molecular weight is 233 g/mol. The predicted molar refractivity (Wildman–Crippen MR) is 71.5 cm³/mol. The zero-order chi connectivity index (χ0) is 12.1. The maximum Gasteiger partial charge on any atom is 0.119 e. The number of piperidine rings is 1. The molecular formula is C15H23NO. The summed E-state index contributed by atoms with van der Waals surface area (Å²) in [4.78, 5) is 0. The van der Waals surface area contributed by atoms with Gasteiger partial charge in [0.1, 0.15) is 5.75 Å². The lowest BCUT2D eigenvalue weighted by Gasteiger charge is -2.27. The van der Waals surface area contributed by atoms with Crippen molar-refractivity contribution in [3.8, 4) is 5.75 Å². The van der Waals surface area contributed by atoms with Gasteiger partial charge >= 0.3 is 0 Å². The van der Waals surface area contributed by atoms with Gasteiger partial charge in [0.15, 0.2) is 0 Å². The topological polar surface area (TPSA) is 21.3 Å². The van der Waals surface area contributed by atoms with Crippen LogP contribution in [0.1, 0.15) is 32.3 Å². The Hall–Kier alpha value is -1.02. The molecule has 17 heavy (non-hydrogen) atoms. The molecule has 2 nitrogen and oxygen atoms in total. The molecule has 0 aliphatic carbocycles. The van der Waals surface area contributed by atoms with E-state index in [9.17, 15) is 0 Å². The van der Waals surface area contributed by atoms with E-state index in [2.05, 4.69) is 30.4 Å². The van der Waals surface area contributed by atoms with Gasteiger partial charge in [0.25, 0.3) is 0 Å². The van der Waals surface area contributed by atoms with Crippen LogP contribution in [0.15, 0.2) is 24.3 Å². The van der Waals surface area contributed by atoms with E-state index in [1.807, 2.05) is 13.0 Å². The highest BCUT2D eigenvalue weighted by Crippen LogP contribution is 2.21. The fraction of sp³-hybridized carbons (Fsp3) is 0.600. The summed E-state index contributed by atoms with van der Waals surface area (Å²) in [5.74, 6) is 1.78. The fourth-order valence-corrected chi connectivity index (χ4v) is 2.49. The number of ether oxygens (including phenoxy) is 1. The van der Waals surface area contributed by atoms with Gasteiger partial charge in [0.05, 0.1) is 6.61 Å². The van der Waals surface area contributed by atoms with Crippen molar-refractivity contribution in [2.24, 2.45) is 5.92 Å². The van der Waals surface area contributed by atoms with E-state index in [0.29, 0.717) is 6.04 Å². The molecule has 0 spiro atoms. The highest BCUT2D eigenvalue weighted by atomic mass is 16.5. The van der Waals surface area contributed by atoms with Crippen molar-refractivity contribution in [1.29, 1.82) is 0 Å². The van der Waals surface area contributed by atoms with Crippen molar-refractivity contribution in [2.75, 3.05) is 13.2 Å². The number of rotatable bonds is 4. The van der Waals surface area contributed by atoms with E-state index >= 15 is 0 Å². The molecule has 2 rings (SSSR count). The quantitative estimate of drug-likeness (QED) is 0.863. The Morgan fingerprint density at radius 1 is 1.35 bits per heavy atom. The minimum atomic E-state index is 0.695. The largest absolute Gasteiger partial charge is 0.494 e.